The van der Waals surface area contributed by atoms with Crippen molar-refractivity contribution in [1.29, 1.82) is 0 Å². The van der Waals surface area contributed by atoms with E-state index in [1.54, 1.807) is 0 Å². The summed E-state index contributed by atoms with van der Waals surface area (Å²) in [5.74, 6) is 1.72. The molecule has 0 bridgehead atoms. The van der Waals surface area contributed by atoms with Crippen molar-refractivity contribution in [2.24, 2.45) is 0 Å². The van der Waals surface area contributed by atoms with Gasteiger partial charge in [0.2, 0.25) is 0 Å². The van der Waals surface area contributed by atoms with Gasteiger partial charge in [-0.2, -0.15) is 5.10 Å². The van der Waals surface area contributed by atoms with Crippen molar-refractivity contribution in [2.75, 3.05) is 18.0 Å². The Morgan fingerprint density at radius 3 is 2.17 bits per heavy atom. The lowest BCUT2D eigenvalue weighted by molar-refractivity contribution is 0.770. The molecule has 0 radical (unpaired) electrons. The zero-order chi connectivity index (χ0) is 19.8. The highest BCUT2D eigenvalue weighted by atomic mass is 15.4. The van der Waals surface area contributed by atoms with Crippen LogP contribution in [0.15, 0.2) is 66.7 Å². The van der Waals surface area contributed by atoms with Gasteiger partial charge in [0.15, 0.2) is 11.6 Å². The predicted octanol–water partition coefficient (Wildman–Crippen LogP) is 4.73. The highest BCUT2D eigenvalue weighted by Crippen LogP contribution is 2.31. The summed E-state index contributed by atoms with van der Waals surface area (Å²) in [7, 11) is 0. The fraction of sp³-hybridized carbons (Fsp3) is 0.208. The average molecular weight is 381 g/mol. The molecule has 0 N–H and O–H groups in total. The van der Waals surface area contributed by atoms with E-state index in [4.69, 9.17) is 0 Å². The Balaban J connectivity index is 1.53. The molecule has 0 aliphatic carbocycles. The molecule has 0 spiro atoms. The highest BCUT2D eigenvalue weighted by Gasteiger charge is 2.19. The minimum absolute atomic E-state index is 0.785. The quantitative estimate of drug-likeness (QED) is 0.515. The van der Waals surface area contributed by atoms with Crippen molar-refractivity contribution in [3.8, 4) is 5.82 Å². The van der Waals surface area contributed by atoms with E-state index in [0.717, 1.165) is 53.3 Å². The second-order valence-corrected chi connectivity index (χ2v) is 7.52. The smallest absolute Gasteiger partial charge is 0.183 e. The van der Waals surface area contributed by atoms with Crippen LogP contribution in [0.3, 0.4) is 0 Å². The summed E-state index contributed by atoms with van der Waals surface area (Å²) < 4.78 is 1.89. The summed E-state index contributed by atoms with van der Waals surface area (Å²) in [5, 5.41) is 16.0. The number of fused-ring (bicyclic) bond motifs is 1. The first-order valence-corrected chi connectivity index (χ1v) is 9.99. The van der Waals surface area contributed by atoms with Crippen LogP contribution in [0.5, 0.6) is 0 Å². The van der Waals surface area contributed by atoms with Crippen molar-refractivity contribution in [1.82, 2.24) is 20.0 Å². The summed E-state index contributed by atoms with van der Waals surface area (Å²) in [6.07, 6.45) is 3.31. The summed E-state index contributed by atoms with van der Waals surface area (Å²) in [6, 6.07) is 21.0. The lowest BCUT2D eigenvalue weighted by atomic mass is 9.99. The van der Waals surface area contributed by atoms with Crippen molar-refractivity contribution >= 4 is 22.2 Å². The van der Waals surface area contributed by atoms with Crippen LogP contribution in [0.1, 0.15) is 23.4 Å². The van der Waals surface area contributed by atoms with Crippen LogP contribution < -0.4 is 4.90 Å². The van der Waals surface area contributed by atoms with Crippen LogP contribution in [-0.2, 0) is 0 Å². The third-order valence-corrected chi connectivity index (χ3v) is 5.51. The standard InChI is InChI=1S/C24H23N5/c1-17-16-18(2)29(27-17)24-22-11-7-6-10-21(22)23(25-26-24)28-14-12-20(13-15-28)19-8-4-3-5-9-19/h3-12,16H,13-15H2,1-2H3. The molecule has 2 aromatic heterocycles. The average Bonchev–Trinajstić information content (AvgIpc) is 3.11. The van der Waals surface area contributed by atoms with E-state index in [9.17, 15) is 0 Å². The third-order valence-electron chi connectivity index (χ3n) is 5.51. The van der Waals surface area contributed by atoms with E-state index in [1.807, 2.05) is 24.6 Å². The first-order chi connectivity index (χ1) is 14.2. The summed E-state index contributed by atoms with van der Waals surface area (Å²) in [4.78, 5) is 2.31. The van der Waals surface area contributed by atoms with Gasteiger partial charge in [0.05, 0.1) is 5.69 Å². The van der Waals surface area contributed by atoms with Crippen molar-refractivity contribution in [3.05, 3.63) is 83.7 Å². The maximum absolute atomic E-state index is 4.64. The molecule has 29 heavy (non-hydrogen) atoms. The van der Waals surface area contributed by atoms with Crippen LogP contribution in [0, 0.1) is 13.8 Å². The van der Waals surface area contributed by atoms with Gasteiger partial charge in [-0.15, -0.1) is 10.2 Å². The first kappa shape index (κ1) is 17.6. The number of nitrogens with zero attached hydrogens (tertiary/aromatic N) is 5. The van der Waals surface area contributed by atoms with Crippen LogP contribution in [0.2, 0.25) is 0 Å². The predicted molar refractivity (Wildman–Crippen MR) is 117 cm³/mol. The van der Waals surface area contributed by atoms with Gasteiger partial charge in [0.25, 0.3) is 0 Å². The number of anilines is 1. The minimum atomic E-state index is 0.785. The number of aromatic nitrogens is 4. The minimum Gasteiger partial charge on any atom is -0.351 e. The lowest BCUT2D eigenvalue weighted by Gasteiger charge is -2.28. The Hall–Kier alpha value is -3.47. The van der Waals surface area contributed by atoms with E-state index >= 15 is 0 Å². The summed E-state index contributed by atoms with van der Waals surface area (Å²) in [5.41, 5.74) is 4.75. The number of hydrogen-bond donors (Lipinski definition) is 0. The van der Waals surface area contributed by atoms with Crippen molar-refractivity contribution in [2.45, 2.75) is 20.3 Å². The van der Waals surface area contributed by atoms with Crippen molar-refractivity contribution < 1.29 is 0 Å². The molecule has 1 aliphatic rings. The zero-order valence-electron chi connectivity index (χ0n) is 16.7. The van der Waals surface area contributed by atoms with Crippen LogP contribution in [-0.4, -0.2) is 33.1 Å². The van der Waals surface area contributed by atoms with E-state index < -0.39 is 0 Å². The molecule has 0 amide bonds. The largest absolute Gasteiger partial charge is 0.351 e. The summed E-state index contributed by atoms with van der Waals surface area (Å²) in [6.45, 7) is 5.81. The van der Waals surface area contributed by atoms with Crippen molar-refractivity contribution in [3.63, 3.8) is 0 Å². The molecule has 0 unspecified atom stereocenters. The number of aryl methyl sites for hydroxylation is 2. The topological polar surface area (TPSA) is 46.8 Å². The third kappa shape index (κ3) is 3.18. The number of rotatable bonds is 3. The lowest BCUT2D eigenvalue weighted by Crippen LogP contribution is -2.29. The zero-order valence-corrected chi connectivity index (χ0v) is 16.7. The first-order valence-electron chi connectivity index (χ1n) is 9.99. The Morgan fingerprint density at radius 2 is 1.52 bits per heavy atom. The molecule has 0 atom stereocenters. The monoisotopic (exact) mass is 381 g/mol. The molecule has 0 fully saturated rings. The van der Waals surface area contributed by atoms with Gasteiger partial charge >= 0.3 is 0 Å². The number of hydrogen-bond acceptors (Lipinski definition) is 4. The SMILES string of the molecule is Cc1cc(C)n(-c2nnc(N3CC=C(c4ccccc4)CC3)c3ccccc23)n1. The van der Waals surface area contributed by atoms with Gasteiger partial charge in [-0.3, -0.25) is 0 Å². The highest BCUT2D eigenvalue weighted by molar-refractivity contribution is 5.96. The Kier molecular flexibility index (Phi) is 4.35. The fourth-order valence-electron chi connectivity index (χ4n) is 4.08. The van der Waals surface area contributed by atoms with Gasteiger partial charge in [0, 0.05) is 29.6 Å². The fourth-order valence-corrected chi connectivity index (χ4v) is 4.08. The van der Waals surface area contributed by atoms with Crippen LogP contribution in [0.25, 0.3) is 22.2 Å². The Bertz CT molecular complexity index is 1210. The molecule has 5 rings (SSSR count). The maximum Gasteiger partial charge on any atom is 0.183 e. The van der Waals surface area contributed by atoms with E-state index in [-0.39, 0.29) is 0 Å². The molecular weight excluding hydrogens is 358 g/mol. The molecule has 1 aliphatic heterocycles. The molecule has 5 nitrogen and oxygen atoms in total. The molecule has 4 aromatic rings. The van der Waals surface area contributed by atoms with E-state index in [2.05, 4.69) is 80.9 Å². The normalized spacial score (nSPS) is 14.3. The Morgan fingerprint density at radius 1 is 0.828 bits per heavy atom. The molecule has 2 aromatic carbocycles. The van der Waals surface area contributed by atoms with Crippen LogP contribution >= 0.6 is 0 Å². The second kappa shape index (κ2) is 7.17. The van der Waals surface area contributed by atoms with E-state index in [0.29, 0.717) is 0 Å². The molecule has 3 heterocycles. The molecule has 0 saturated carbocycles. The van der Waals surface area contributed by atoms with Gasteiger partial charge in [0.1, 0.15) is 0 Å². The molecule has 0 saturated heterocycles. The van der Waals surface area contributed by atoms with Gasteiger partial charge in [-0.05, 0) is 37.5 Å². The Labute approximate surface area is 170 Å². The molecular formula is C24H23N5. The number of benzene rings is 2. The van der Waals surface area contributed by atoms with Gasteiger partial charge in [-0.1, -0.05) is 60.7 Å². The van der Waals surface area contributed by atoms with Crippen LogP contribution in [0.4, 0.5) is 5.82 Å². The second-order valence-electron chi connectivity index (χ2n) is 7.52. The maximum atomic E-state index is 4.64. The van der Waals surface area contributed by atoms with Gasteiger partial charge in [-0.25, -0.2) is 4.68 Å². The summed E-state index contributed by atoms with van der Waals surface area (Å²) >= 11 is 0. The van der Waals surface area contributed by atoms with Gasteiger partial charge < -0.3 is 4.90 Å². The molecule has 144 valence electrons. The van der Waals surface area contributed by atoms with E-state index in [1.165, 1.54) is 11.1 Å². The molecule has 5 heteroatoms.